The first-order chi connectivity index (χ1) is 16.5. The highest BCUT2D eigenvalue weighted by atomic mass is 32.1. The first-order valence-corrected chi connectivity index (χ1v) is 12.2. The van der Waals surface area contributed by atoms with Crippen molar-refractivity contribution < 1.29 is 24.1 Å². The van der Waals surface area contributed by atoms with E-state index in [1.807, 2.05) is 36.5 Å². The van der Waals surface area contributed by atoms with Crippen LogP contribution < -0.4 is 9.61 Å². The first-order valence-electron chi connectivity index (χ1n) is 11.4. The van der Waals surface area contributed by atoms with Gasteiger partial charge in [-0.1, -0.05) is 36.5 Å². The molecule has 1 aliphatic rings. The molecule has 0 saturated heterocycles. The lowest BCUT2D eigenvalue weighted by molar-refractivity contribution is -0.0179. The number of aryl methyl sites for hydroxylation is 1. The molecule has 1 saturated carbocycles. The van der Waals surface area contributed by atoms with Gasteiger partial charge in [-0.2, -0.15) is 0 Å². The van der Waals surface area contributed by atoms with Gasteiger partial charge in [0, 0.05) is 24.7 Å². The number of carbonyl (C=O) groups excluding carboxylic acids is 1. The zero-order valence-electron chi connectivity index (χ0n) is 19.1. The van der Waals surface area contributed by atoms with Crippen molar-refractivity contribution in [2.75, 3.05) is 6.61 Å². The number of aromatic nitrogens is 2. The molecule has 180 valence electrons. The second-order valence-corrected chi connectivity index (χ2v) is 9.21. The van der Waals surface area contributed by atoms with Gasteiger partial charge in [-0.25, -0.2) is 9.36 Å². The van der Waals surface area contributed by atoms with Crippen LogP contribution in [0.1, 0.15) is 47.9 Å². The molecule has 2 aromatic heterocycles. The van der Waals surface area contributed by atoms with E-state index in [9.17, 15) is 14.7 Å². The smallest absolute Gasteiger partial charge is 0.494 e. The Morgan fingerprint density at radius 3 is 2.59 bits per heavy atom. The van der Waals surface area contributed by atoms with Gasteiger partial charge in [-0.15, -0.1) is 0 Å². The maximum absolute atomic E-state index is 12.2. The molecule has 0 spiro atoms. The third kappa shape index (κ3) is 6.17. The normalized spacial score (nSPS) is 13.3. The SMILES string of the molecule is CCc1ccc(CCOc2ccc(Cc3sc(=O)n(COC(=O)OC4CCC4)c3O)cc2)nc1. The highest BCUT2D eigenvalue weighted by Gasteiger charge is 2.23. The van der Waals surface area contributed by atoms with Crippen molar-refractivity contribution in [2.45, 2.75) is 58.3 Å². The number of ether oxygens (including phenoxy) is 3. The summed E-state index contributed by atoms with van der Waals surface area (Å²) in [6.45, 7) is 2.24. The number of aromatic hydroxyl groups is 1. The van der Waals surface area contributed by atoms with Crippen molar-refractivity contribution in [2.24, 2.45) is 0 Å². The number of rotatable bonds is 10. The van der Waals surface area contributed by atoms with Crippen molar-refractivity contribution in [1.29, 1.82) is 0 Å². The molecule has 1 aliphatic carbocycles. The second-order valence-electron chi connectivity index (χ2n) is 8.17. The van der Waals surface area contributed by atoms with E-state index in [1.54, 1.807) is 0 Å². The van der Waals surface area contributed by atoms with Gasteiger partial charge in [0.05, 0.1) is 11.5 Å². The molecule has 0 unspecified atom stereocenters. The van der Waals surface area contributed by atoms with E-state index in [4.69, 9.17) is 14.2 Å². The van der Waals surface area contributed by atoms with E-state index < -0.39 is 11.0 Å². The summed E-state index contributed by atoms with van der Waals surface area (Å²) in [4.78, 5) is 28.5. The van der Waals surface area contributed by atoms with E-state index in [0.717, 1.165) is 65.0 Å². The minimum Gasteiger partial charge on any atom is -0.494 e. The molecule has 4 rings (SSSR count). The molecule has 8 nitrogen and oxygen atoms in total. The molecule has 3 aromatic rings. The summed E-state index contributed by atoms with van der Waals surface area (Å²) in [7, 11) is 0. The minimum absolute atomic E-state index is 0.105. The van der Waals surface area contributed by atoms with Crippen molar-refractivity contribution in [1.82, 2.24) is 9.55 Å². The van der Waals surface area contributed by atoms with Gasteiger partial charge in [0.15, 0.2) is 6.73 Å². The topological polar surface area (TPSA) is 99.9 Å². The molecule has 0 amide bonds. The molecule has 0 bridgehead atoms. The summed E-state index contributed by atoms with van der Waals surface area (Å²) in [5.74, 6) is 0.538. The number of hydrogen-bond donors (Lipinski definition) is 1. The number of carbonyl (C=O) groups is 1. The van der Waals surface area contributed by atoms with Gasteiger partial charge in [0.2, 0.25) is 5.88 Å². The number of pyridine rings is 1. The van der Waals surface area contributed by atoms with Crippen LogP contribution in [0.2, 0.25) is 0 Å². The molecule has 1 fully saturated rings. The van der Waals surface area contributed by atoms with Crippen LogP contribution in [0.15, 0.2) is 47.4 Å². The van der Waals surface area contributed by atoms with Crippen molar-refractivity contribution >= 4 is 17.5 Å². The molecule has 2 heterocycles. The highest BCUT2D eigenvalue weighted by Crippen LogP contribution is 2.25. The van der Waals surface area contributed by atoms with E-state index in [2.05, 4.69) is 18.0 Å². The maximum Gasteiger partial charge on any atom is 0.510 e. The number of nitrogens with zero attached hydrogens (tertiary/aromatic N) is 2. The van der Waals surface area contributed by atoms with Gasteiger partial charge in [0.1, 0.15) is 11.9 Å². The standard InChI is InChI=1S/C25H28N2O6S/c1-2-17-6-9-19(26-15-17)12-13-31-20-10-7-18(8-11-20)14-22-23(28)27(24(29)34-22)16-32-25(30)33-21-4-3-5-21/h6-11,15,21,28H,2-5,12-14,16H2,1H3. The summed E-state index contributed by atoms with van der Waals surface area (Å²) in [6, 6.07) is 11.6. The second kappa shape index (κ2) is 11.2. The fourth-order valence-electron chi connectivity index (χ4n) is 3.42. The van der Waals surface area contributed by atoms with Gasteiger partial charge >= 0.3 is 11.0 Å². The lowest BCUT2D eigenvalue weighted by Crippen LogP contribution is -2.26. The molecule has 9 heteroatoms. The number of benzene rings is 1. The predicted molar refractivity (Wildman–Crippen MR) is 128 cm³/mol. The third-order valence-corrected chi connectivity index (χ3v) is 6.74. The zero-order valence-corrected chi connectivity index (χ0v) is 19.9. The maximum atomic E-state index is 12.2. The highest BCUT2D eigenvalue weighted by molar-refractivity contribution is 7.09. The van der Waals surface area contributed by atoms with Crippen LogP contribution in [0, 0.1) is 0 Å². The quantitative estimate of drug-likeness (QED) is 0.425. The summed E-state index contributed by atoms with van der Waals surface area (Å²) in [5, 5.41) is 10.4. The molecule has 0 radical (unpaired) electrons. The van der Waals surface area contributed by atoms with E-state index in [0.29, 0.717) is 17.9 Å². The van der Waals surface area contributed by atoms with Gasteiger partial charge < -0.3 is 19.3 Å². The fourth-order valence-corrected chi connectivity index (χ4v) is 4.32. The monoisotopic (exact) mass is 484 g/mol. The molecule has 0 aliphatic heterocycles. The Kier molecular flexibility index (Phi) is 7.84. The largest absolute Gasteiger partial charge is 0.510 e. The molecular formula is C25H28N2O6S. The lowest BCUT2D eigenvalue weighted by atomic mass is 9.96. The Morgan fingerprint density at radius 2 is 1.94 bits per heavy atom. The molecule has 34 heavy (non-hydrogen) atoms. The Morgan fingerprint density at radius 1 is 1.18 bits per heavy atom. The number of hydrogen-bond acceptors (Lipinski definition) is 8. The zero-order chi connectivity index (χ0) is 23.9. The molecule has 1 aromatic carbocycles. The van der Waals surface area contributed by atoms with E-state index in [-0.39, 0.29) is 18.7 Å². The third-order valence-electron chi connectivity index (χ3n) is 5.77. The summed E-state index contributed by atoms with van der Waals surface area (Å²) < 4.78 is 16.9. The van der Waals surface area contributed by atoms with Crippen LogP contribution in [0.4, 0.5) is 4.79 Å². The molecule has 1 N–H and O–H groups in total. The Balaban J connectivity index is 1.27. The Labute approximate surface area is 201 Å². The number of thiazole rings is 1. The van der Waals surface area contributed by atoms with E-state index >= 15 is 0 Å². The van der Waals surface area contributed by atoms with Crippen molar-refractivity contribution in [3.8, 4) is 11.6 Å². The summed E-state index contributed by atoms with van der Waals surface area (Å²) in [5.41, 5.74) is 3.12. The van der Waals surface area contributed by atoms with Gasteiger partial charge in [0.25, 0.3) is 0 Å². The lowest BCUT2D eigenvalue weighted by Gasteiger charge is -2.24. The van der Waals surface area contributed by atoms with Crippen LogP contribution >= 0.6 is 11.3 Å². The fraction of sp³-hybridized carbons (Fsp3) is 0.400. The average Bonchev–Trinajstić information content (AvgIpc) is 3.08. The van der Waals surface area contributed by atoms with Crippen molar-refractivity contribution in [3.63, 3.8) is 0 Å². The Hall–Kier alpha value is -3.33. The predicted octanol–water partition coefficient (Wildman–Crippen LogP) is 4.45. The molecular weight excluding hydrogens is 456 g/mol. The Bertz CT molecular complexity index is 1150. The first kappa shape index (κ1) is 23.8. The van der Waals surface area contributed by atoms with E-state index in [1.165, 1.54) is 5.56 Å². The summed E-state index contributed by atoms with van der Waals surface area (Å²) in [6.07, 6.45) is 5.72. The van der Waals surface area contributed by atoms with Crippen LogP contribution in [-0.2, 0) is 35.5 Å². The van der Waals surface area contributed by atoms with Crippen LogP contribution in [0.3, 0.4) is 0 Å². The van der Waals surface area contributed by atoms with Crippen molar-refractivity contribution in [3.05, 3.63) is 74.0 Å². The van der Waals surface area contributed by atoms with Gasteiger partial charge in [-0.3, -0.25) is 9.78 Å². The van der Waals surface area contributed by atoms with Crippen LogP contribution in [0.5, 0.6) is 11.6 Å². The van der Waals surface area contributed by atoms with Crippen LogP contribution in [0.25, 0.3) is 0 Å². The summed E-state index contributed by atoms with van der Waals surface area (Å²) >= 11 is 0.922. The van der Waals surface area contributed by atoms with Crippen LogP contribution in [-0.4, -0.2) is 33.5 Å². The van der Waals surface area contributed by atoms with Gasteiger partial charge in [-0.05, 0) is 55.0 Å². The average molecular weight is 485 g/mol. The minimum atomic E-state index is -0.826. The molecule has 0 atom stereocenters.